The molecule has 0 spiro atoms. The van der Waals surface area contributed by atoms with Gasteiger partial charge in [-0.15, -0.1) is 0 Å². The summed E-state index contributed by atoms with van der Waals surface area (Å²) in [6.07, 6.45) is 1.24. The Morgan fingerprint density at radius 2 is 2.27 bits per heavy atom. The van der Waals surface area contributed by atoms with Crippen molar-refractivity contribution in [2.75, 3.05) is 0 Å². The molecule has 2 aromatic rings. The van der Waals surface area contributed by atoms with Gasteiger partial charge in [0, 0.05) is 0 Å². The molecule has 4 nitrogen and oxygen atoms in total. The number of hydrogen-bond acceptors (Lipinski definition) is 4. The molecule has 0 unspecified atom stereocenters. The van der Waals surface area contributed by atoms with Gasteiger partial charge in [-0.3, -0.25) is 0 Å². The van der Waals surface area contributed by atoms with E-state index in [1.807, 2.05) is 0 Å². The van der Waals surface area contributed by atoms with Gasteiger partial charge in [0.25, 0.3) is 0 Å². The molecule has 2 N–H and O–H groups in total. The summed E-state index contributed by atoms with van der Waals surface area (Å²) >= 11 is 5.54. The molecular weight excluding hydrogens is 221 g/mol. The van der Waals surface area contributed by atoms with Crippen molar-refractivity contribution in [3.8, 4) is 0 Å². The summed E-state index contributed by atoms with van der Waals surface area (Å²) in [5.74, 6) is -0.291. The lowest BCUT2D eigenvalue weighted by Crippen LogP contribution is -2.12. The third-order valence-corrected chi connectivity index (χ3v) is 2.25. The Hall–Kier alpha value is -1.46. The van der Waals surface area contributed by atoms with Gasteiger partial charge in [-0.05, 0) is 17.7 Å². The van der Waals surface area contributed by atoms with Crippen molar-refractivity contribution in [3.63, 3.8) is 0 Å². The minimum Gasteiger partial charge on any atom is -0.338 e. The van der Waals surface area contributed by atoms with Crippen LogP contribution in [-0.2, 0) is 0 Å². The molecule has 6 heteroatoms. The Kier molecular flexibility index (Phi) is 2.66. The van der Waals surface area contributed by atoms with Crippen LogP contribution in [0.2, 0.25) is 5.02 Å². The first-order valence-corrected chi connectivity index (χ1v) is 4.53. The molecule has 0 saturated heterocycles. The van der Waals surface area contributed by atoms with Crippen LogP contribution in [0.25, 0.3) is 0 Å². The Labute approximate surface area is 89.8 Å². The Bertz CT molecular complexity index is 460. The van der Waals surface area contributed by atoms with E-state index in [2.05, 4.69) is 10.1 Å². The molecule has 0 saturated carbocycles. The predicted octanol–water partition coefficient (Wildman–Crippen LogP) is 1.91. The minimum absolute atomic E-state index is 0.0523. The van der Waals surface area contributed by atoms with E-state index in [0.29, 0.717) is 5.56 Å². The second kappa shape index (κ2) is 3.96. The zero-order valence-corrected chi connectivity index (χ0v) is 8.28. The maximum absolute atomic E-state index is 13.1. The number of hydrogen-bond donors (Lipinski definition) is 1. The lowest BCUT2D eigenvalue weighted by molar-refractivity contribution is 0.366. The molecule has 0 bridgehead atoms. The van der Waals surface area contributed by atoms with Gasteiger partial charge >= 0.3 is 0 Å². The van der Waals surface area contributed by atoms with Gasteiger partial charge in [-0.2, -0.15) is 4.98 Å². The lowest BCUT2D eigenvalue weighted by Gasteiger charge is -2.07. The molecule has 0 amide bonds. The maximum atomic E-state index is 13.1. The minimum atomic E-state index is -0.640. The van der Waals surface area contributed by atoms with Gasteiger partial charge in [-0.25, -0.2) is 4.39 Å². The van der Waals surface area contributed by atoms with Crippen molar-refractivity contribution in [2.45, 2.75) is 6.04 Å². The zero-order chi connectivity index (χ0) is 10.8. The van der Waals surface area contributed by atoms with Crippen molar-refractivity contribution in [3.05, 3.63) is 46.8 Å². The summed E-state index contributed by atoms with van der Waals surface area (Å²) in [4.78, 5) is 3.79. The van der Waals surface area contributed by atoms with E-state index in [1.54, 1.807) is 6.07 Å². The van der Waals surface area contributed by atoms with E-state index in [9.17, 15) is 4.39 Å². The van der Waals surface area contributed by atoms with Crippen LogP contribution < -0.4 is 5.73 Å². The highest BCUT2D eigenvalue weighted by Gasteiger charge is 2.15. The molecule has 0 aliphatic carbocycles. The van der Waals surface area contributed by atoms with Crippen LogP contribution in [0.4, 0.5) is 4.39 Å². The molecule has 0 aliphatic heterocycles. The summed E-state index contributed by atoms with van der Waals surface area (Å²) in [6.45, 7) is 0. The molecule has 1 atom stereocenters. The quantitative estimate of drug-likeness (QED) is 0.851. The predicted molar refractivity (Wildman–Crippen MR) is 51.7 cm³/mol. The summed E-state index contributed by atoms with van der Waals surface area (Å²) in [5, 5.41) is 3.48. The van der Waals surface area contributed by atoms with Crippen LogP contribution in [0.1, 0.15) is 17.5 Å². The number of nitrogens with two attached hydrogens (primary N) is 1. The highest BCUT2D eigenvalue weighted by molar-refractivity contribution is 6.30. The summed E-state index contributed by atoms with van der Waals surface area (Å²) < 4.78 is 17.9. The van der Waals surface area contributed by atoms with E-state index in [4.69, 9.17) is 21.9 Å². The average Bonchev–Trinajstić information content (AvgIpc) is 2.74. The third-order valence-electron chi connectivity index (χ3n) is 1.95. The maximum Gasteiger partial charge on any atom is 0.247 e. The topological polar surface area (TPSA) is 64.9 Å². The fraction of sp³-hybridized carbons (Fsp3) is 0.111. The van der Waals surface area contributed by atoms with Gasteiger partial charge in [-0.1, -0.05) is 22.8 Å². The van der Waals surface area contributed by atoms with Crippen molar-refractivity contribution in [2.24, 2.45) is 5.73 Å². The molecule has 0 fully saturated rings. The summed E-state index contributed by atoms with van der Waals surface area (Å²) in [7, 11) is 0. The summed E-state index contributed by atoms with van der Waals surface area (Å²) in [5.41, 5.74) is 6.30. The largest absolute Gasteiger partial charge is 0.338 e. The van der Waals surface area contributed by atoms with Crippen LogP contribution in [0, 0.1) is 5.82 Å². The molecule has 1 aromatic carbocycles. The second-order valence-corrected chi connectivity index (χ2v) is 3.34. The van der Waals surface area contributed by atoms with Gasteiger partial charge in [0.2, 0.25) is 5.89 Å². The Morgan fingerprint density at radius 3 is 2.87 bits per heavy atom. The van der Waals surface area contributed by atoms with E-state index in [1.165, 1.54) is 18.5 Å². The number of halogens is 2. The molecule has 78 valence electrons. The van der Waals surface area contributed by atoms with Gasteiger partial charge in [0.1, 0.15) is 11.9 Å². The van der Waals surface area contributed by atoms with Crippen molar-refractivity contribution >= 4 is 11.6 Å². The zero-order valence-electron chi connectivity index (χ0n) is 7.52. The number of benzene rings is 1. The monoisotopic (exact) mass is 227 g/mol. The van der Waals surface area contributed by atoms with Crippen LogP contribution in [0.3, 0.4) is 0 Å². The fourth-order valence-corrected chi connectivity index (χ4v) is 1.28. The number of rotatable bonds is 2. The van der Waals surface area contributed by atoms with Gasteiger partial charge in [0.05, 0.1) is 5.02 Å². The van der Waals surface area contributed by atoms with E-state index in [-0.39, 0.29) is 10.9 Å². The van der Waals surface area contributed by atoms with Crippen LogP contribution in [-0.4, -0.2) is 10.1 Å². The van der Waals surface area contributed by atoms with Crippen LogP contribution in [0.15, 0.2) is 29.0 Å². The molecule has 0 radical (unpaired) electrons. The average molecular weight is 228 g/mol. The molecule has 2 rings (SSSR count). The van der Waals surface area contributed by atoms with Gasteiger partial charge < -0.3 is 10.3 Å². The molecular formula is C9H7ClFN3O. The second-order valence-electron chi connectivity index (χ2n) is 2.93. The molecule has 15 heavy (non-hydrogen) atoms. The normalized spacial score (nSPS) is 12.7. The van der Waals surface area contributed by atoms with E-state index < -0.39 is 11.9 Å². The Balaban J connectivity index is 2.34. The first-order valence-electron chi connectivity index (χ1n) is 4.15. The Morgan fingerprint density at radius 1 is 1.47 bits per heavy atom. The van der Waals surface area contributed by atoms with E-state index >= 15 is 0 Å². The highest BCUT2D eigenvalue weighted by atomic mass is 35.5. The summed E-state index contributed by atoms with van der Waals surface area (Å²) in [6, 6.07) is 3.65. The smallest absolute Gasteiger partial charge is 0.247 e. The van der Waals surface area contributed by atoms with Crippen LogP contribution in [0.5, 0.6) is 0 Å². The number of aromatic nitrogens is 2. The number of nitrogens with zero attached hydrogens (tertiary/aromatic N) is 2. The first-order chi connectivity index (χ1) is 7.18. The van der Waals surface area contributed by atoms with E-state index in [0.717, 1.165) is 0 Å². The van der Waals surface area contributed by atoms with Crippen molar-refractivity contribution < 1.29 is 8.91 Å². The standard InChI is InChI=1S/C9H7ClFN3O/c10-6-2-1-5(3-7(6)11)8(12)9-13-4-14-15-9/h1-4,8H,12H2/t8-/m0/s1. The fourth-order valence-electron chi connectivity index (χ4n) is 1.17. The van der Waals surface area contributed by atoms with Crippen LogP contribution >= 0.6 is 11.6 Å². The van der Waals surface area contributed by atoms with Gasteiger partial charge in [0.15, 0.2) is 6.33 Å². The lowest BCUT2D eigenvalue weighted by atomic mass is 10.1. The van der Waals surface area contributed by atoms with Crippen molar-refractivity contribution in [1.29, 1.82) is 0 Å². The van der Waals surface area contributed by atoms with Crippen molar-refractivity contribution in [1.82, 2.24) is 10.1 Å². The third kappa shape index (κ3) is 1.98. The SMILES string of the molecule is N[C@@H](c1ccc(Cl)c(F)c1)c1ncno1. The molecule has 1 aromatic heterocycles. The molecule has 0 aliphatic rings. The molecule has 1 heterocycles. The first kappa shape index (κ1) is 10.1. The highest BCUT2D eigenvalue weighted by Crippen LogP contribution is 2.22.